The Hall–Kier alpha value is -1.24. The van der Waals surface area contributed by atoms with E-state index in [1.807, 2.05) is 26.0 Å². The summed E-state index contributed by atoms with van der Waals surface area (Å²) in [5, 5.41) is 9.73. The average Bonchev–Trinajstić information content (AvgIpc) is 2.59. The normalized spacial score (nSPS) is 27.2. The number of rotatable bonds is 4. The van der Waals surface area contributed by atoms with Crippen molar-refractivity contribution in [2.45, 2.75) is 56.3 Å². The van der Waals surface area contributed by atoms with Crippen LogP contribution in [0.15, 0.2) is 18.2 Å². The Morgan fingerprint density at radius 2 is 2.12 bits per heavy atom. The number of benzene rings is 1. The molecule has 1 saturated heterocycles. The minimum Gasteiger partial charge on any atom is -0.331 e. The number of carbonyl (C=O) groups is 2. The van der Waals surface area contributed by atoms with E-state index >= 15 is 0 Å². The first-order chi connectivity index (χ1) is 12.0. The van der Waals surface area contributed by atoms with Crippen molar-refractivity contribution < 1.29 is 9.59 Å². The summed E-state index contributed by atoms with van der Waals surface area (Å²) in [6.07, 6.45) is 4.25. The van der Waals surface area contributed by atoms with Gasteiger partial charge in [0, 0.05) is 16.8 Å². The first-order valence-corrected chi connectivity index (χ1v) is 10.1. The van der Waals surface area contributed by atoms with Gasteiger partial charge in [0.15, 0.2) is 0 Å². The van der Waals surface area contributed by atoms with Gasteiger partial charge in [0.25, 0.3) is 0 Å². The molecule has 3 rings (SSSR count). The summed E-state index contributed by atoms with van der Waals surface area (Å²) in [4.78, 5) is 24.8. The molecule has 0 aromatic heterocycles. The SMILES string of the molecule is Cc1c(Cl)cccc1NC(=O)C(C)SC1NC(=O)C2CCCCC2N1. The first-order valence-electron chi connectivity index (χ1n) is 8.73. The minimum absolute atomic E-state index is 0.0730. The maximum Gasteiger partial charge on any atom is 0.237 e. The van der Waals surface area contributed by atoms with Crippen LogP contribution in [0.25, 0.3) is 0 Å². The van der Waals surface area contributed by atoms with Crippen molar-refractivity contribution in [2.24, 2.45) is 5.92 Å². The molecule has 5 nitrogen and oxygen atoms in total. The topological polar surface area (TPSA) is 70.2 Å². The number of carbonyl (C=O) groups excluding carboxylic acids is 2. The molecule has 1 aromatic carbocycles. The molecule has 2 fully saturated rings. The molecule has 2 amide bonds. The molecule has 1 heterocycles. The third-order valence-corrected chi connectivity index (χ3v) is 6.53. The van der Waals surface area contributed by atoms with E-state index in [2.05, 4.69) is 16.0 Å². The lowest BCUT2D eigenvalue weighted by atomic mass is 9.83. The highest BCUT2D eigenvalue weighted by molar-refractivity contribution is 8.01. The molecule has 4 unspecified atom stereocenters. The molecule has 7 heteroatoms. The molecule has 1 aliphatic carbocycles. The summed E-state index contributed by atoms with van der Waals surface area (Å²) >= 11 is 7.53. The van der Waals surface area contributed by atoms with Crippen LogP contribution in [-0.2, 0) is 9.59 Å². The predicted octanol–water partition coefficient (Wildman–Crippen LogP) is 3.27. The van der Waals surface area contributed by atoms with Crippen LogP contribution >= 0.6 is 23.4 Å². The summed E-state index contributed by atoms with van der Waals surface area (Å²) in [6.45, 7) is 3.72. The molecule has 0 bridgehead atoms. The van der Waals surface area contributed by atoms with Gasteiger partial charge in [-0.3, -0.25) is 14.9 Å². The van der Waals surface area contributed by atoms with Crippen LogP contribution in [-0.4, -0.2) is 28.6 Å². The van der Waals surface area contributed by atoms with Gasteiger partial charge in [0.2, 0.25) is 11.8 Å². The highest BCUT2D eigenvalue weighted by atomic mass is 35.5. The molecule has 25 heavy (non-hydrogen) atoms. The van der Waals surface area contributed by atoms with E-state index in [-0.39, 0.29) is 34.5 Å². The van der Waals surface area contributed by atoms with Crippen LogP contribution in [0, 0.1) is 12.8 Å². The second-order valence-electron chi connectivity index (χ2n) is 6.73. The van der Waals surface area contributed by atoms with Crippen LogP contribution in [0.3, 0.4) is 0 Å². The first kappa shape index (κ1) is 18.5. The zero-order chi connectivity index (χ0) is 18.0. The lowest BCUT2D eigenvalue weighted by Gasteiger charge is -2.40. The fourth-order valence-electron chi connectivity index (χ4n) is 3.43. The average molecular weight is 382 g/mol. The van der Waals surface area contributed by atoms with Gasteiger partial charge in [-0.05, 0) is 44.4 Å². The largest absolute Gasteiger partial charge is 0.331 e. The number of thioether (sulfide) groups is 1. The van der Waals surface area contributed by atoms with Crippen molar-refractivity contribution >= 4 is 40.9 Å². The van der Waals surface area contributed by atoms with E-state index in [0.29, 0.717) is 5.02 Å². The fraction of sp³-hybridized carbons (Fsp3) is 0.556. The lowest BCUT2D eigenvalue weighted by Crippen LogP contribution is -2.61. The summed E-state index contributed by atoms with van der Waals surface area (Å²) in [7, 11) is 0. The van der Waals surface area contributed by atoms with Gasteiger partial charge < -0.3 is 10.6 Å². The molecule has 0 radical (unpaired) electrons. The summed E-state index contributed by atoms with van der Waals surface area (Å²) in [5.41, 5.74) is 1.34. The number of halogens is 1. The number of nitrogens with one attached hydrogen (secondary N) is 3. The molecule has 4 atom stereocenters. The molecule has 1 aromatic rings. The van der Waals surface area contributed by atoms with Gasteiger partial charge in [0.05, 0.1) is 11.2 Å². The fourth-order valence-corrected chi connectivity index (χ4v) is 4.64. The van der Waals surface area contributed by atoms with Gasteiger partial charge in [0.1, 0.15) is 5.50 Å². The third kappa shape index (κ3) is 4.30. The second-order valence-corrected chi connectivity index (χ2v) is 8.59. The maximum absolute atomic E-state index is 12.5. The quantitative estimate of drug-likeness (QED) is 0.748. The van der Waals surface area contributed by atoms with E-state index in [1.54, 1.807) is 6.07 Å². The Morgan fingerprint density at radius 3 is 2.92 bits per heavy atom. The number of fused-ring (bicyclic) bond motifs is 1. The molecule has 2 aliphatic rings. The van der Waals surface area contributed by atoms with Gasteiger partial charge in [-0.15, -0.1) is 11.8 Å². The van der Waals surface area contributed by atoms with Crippen LogP contribution in [0.5, 0.6) is 0 Å². The number of anilines is 1. The van der Waals surface area contributed by atoms with Gasteiger partial charge in [-0.1, -0.05) is 30.5 Å². The molecule has 0 spiro atoms. The van der Waals surface area contributed by atoms with E-state index < -0.39 is 0 Å². The van der Waals surface area contributed by atoms with Crippen molar-refractivity contribution in [3.8, 4) is 0 Å². The zero-order valence-electron chi connectivity index (χ0n) is 14.5. The van der Waals surface area contributed by atoms with E-state index in [0.717, 1.165) is 36.9 Å². The van der Waals surface area contributed by atoms with Crippen molar-refractivity contribution in [1.29, 1.82) is 0 Å². The number of amides is 2. The second kappa shape index (κ2) is 7.98. The minimum atomic E-state index is -0.309. The summed E-state index contributed by atoms with van der Waals surface area (Å²) < 4.78 is 0. The Balaban J connectivity index is 1.58. The monoisotopic (exact) mass is 381 g/mol. The van der Waals surface area contributed by atoms with Gasteiger partial charge in [-0.2, -0.15) is 0 Å². The molecular formula is C18H24ClN3O2S. The van der Waals surface area contributed by atoms with Gasteiger partial charge >= 0.3 is 0 Å². The van der Waals surface area contributed by atoms with Crippen LogP contribution in [0.4, 0.5) is 5.69 Å². The summed E-state index contributed by atoms with van der Waals surface area (Å²) in [5.74, 6) is 0.0836. The van der Waals surface area contributed by atoms with Crippen molar-refractivity contribution in [2.75, 3.05) is 5.32 Å². The van der Waals surface area contributed by atoms with E-state index in [1.165, 1.54) is 11.8 Å². The zero-order valence-corrected chi connectivity index (χ0v) is 16.0. The third-order valence-electron chi connectivity index (χ3n) is 4.98. The van der Waals surface area contributed by atoms with Crippen LogP contribution in [0.2, 0.25) is 5.02 Å². The van der Waals surface area contributed by atoms with Crippen LogP contribution in [0.1, 0.15) is 38.2 Å². The Morgan fingerprint density at radius 1 is 1.36 bits per heavy atom. The molecule has 1 saturated carbocycles. The Kier molecular flexibility index (Phi) is 5.92. The molecular weight excluding hydrogens is 358 g/mol. The maximum atomic E-state index is 12.5. The molecule has 3 N–H and O–H groups in total. The predicted molar refractivity (Wildman–Crippen MR) is 103 cm³/mol. The van der Waals surface area contributed by atoms with Gasteiger partial charge in [-0.25, -0.2) is 0 Å². The van der Waals surface area contributed by atoms with Crippen molar-refractivity contribution in [3.05, 3.63) is 28.8 Å². The molecule has 1 aliphatic heterocycles. The highest BCUT2D eigenvalue weighted by Gasteiger charge is 2.38. The number of hydrogen-bond acceptors (Lipinski definition) is 4. The number of hydrogen-bond donors (Lipinski definition) is 3. The van der Waals surface area contributed by atoms with E-state index in [4.69, 9.17) is 11.6 Å². The Bertz CT molecular complexity index is 670. The molecule has 136 valence electrons. The smallest absolute Gasteiger partial charge is 0.237 e. The standard InChI is InChI=1S/C18H24ClN3O2S/c1-10-13(19)7-5-9-14(10)20-16(23)11(2)25-18-21-15-8-4-3-6-12(15)17(24)22-18/h5,7,9,11-12,15,18,21H,3-4,6,8H2,1-2H3,(H,20,23)(H,22,24). The lowest BCUT2D eigenvalue weighted by molar-refractivity contribution is -0.129. The highest BCUT2D eigenvalue weighted by Crippen LogP contribution is 2.30. The van der Waals surface area contributed by atoms with E-state index in [9.17, 15) is 9.59 Å². The summed E-state index contributed by atoms with van der Waals surface area (Å²) in [6, 6.07) is 5.68. The van der Waals surface area contributed by atoms with Crippen LogP contribution < -0.4 is 16.0 Å². The van der Waals surface area contributed by atoms with Crippen molar-refractivity contribution in [1.82, 2.24) is 10.6 Å². The van der Waals surface area contributed by atoms with Crippen molar-refractivity contribution in [3.63, 3.8) is 0 Å². The Labute approximate surface area is 157 Å².